The van der Waals surface area contributed by atoms with E-state index in [9.17, 15) is 9.59 Å². The molecule has 0 saturated carbocycles. The van der Waals surface area contributed by atoms with Crippen molar-refractivity contribution in [1.29, 1.82) is 0 Å². The van der Waals surface area contributed by atoms with Crippen LogP contribution in [0.4, 0.5) is 9.59 Å². The lowest BCUT2D eigenvalue weighted by Gasteiger charge is -1.85. The fourth-order valence-electron chi connectivity index (χ4n) is 0.0915. The average Bonchev–Trinajstić information content (AvgIpc) is 1.62. The van der Waals surface area contributed by atoms with Gasteiger partial charge in [-0.3, -0.25) is 0 Å². The van der Waals surface area contributed by atoms with Crippen molar-refractivity contribution < 1.29 is 29.9 Å². The molecule has 0 aliphatic rings. The zero-order valence-electron chi connectivity index (χ0n) is 4.81. The third kappa shape index (κ3) is 29.7. The van der Waals surface area contributed by atoms with E-state index in [0.29, 0.717) is 0 Å². The van der Waals surface area contributed by atoms with Crippen LogP contribution < -0.4 is 5.32 Å². The highest BCUT2D eigenvalue weighted by Gasteiger charge is 1.97. The zero-order valence-corrected chi connectivity index (χ0v) is 4.81. The standard InChI is InChI=1S/C2H3NO4.BH3O2/c4-1(5)3-2(6)7;2-1-3/h3H,(H,4,5)(H,6,7);1-3H. The number of hydrogen-bond acceptors (Lipinski definition) is 4. The van der Waals surface area contributed by atoms with Gasteiger partial charge in [-0.15, -0.1) is 0 Å². The number of carbonyl (C=O) groups is 2. The van der Waals surface area contributed by atoms with Crippen molar-refractivity contribution in [3.63, 3.8) is 0 Å². The maximum atomic E-state index is 9.32. The normalized spacial score (nSPS) is 6.60. The maximum Gasteiger partial charge on any atom is 0.432 e. The Hall–Kier alpha value is -1.28. The summed E-state index contributed by atoms with van der Waals surface area (Å²) in [7, 11) is -0.750. The van der Waals surface area contributed by atoms with Crippen molar-refractivity contribution in [2.45, 2.75) is 0 Å². The van der Waals surface area contributed by atoms with Gasteiger partial charge in [0.2, 0.25) is 0 Å². The number of nitrogens with one attached hydrogen (secondary N) is 1. The summed E-state index contributed by atoms with van der Waals surface area (Å²) in [6.45, 7) is 0. The minimum Gasteiger partial charge on any atom is -0.465 e. The van der Waals surface area contributed by atoms with Crippen LogP contribution >= 0.6 is 0 Å². The predicted octanol–water partition coefficient (Wildman–Crippen LogP) is -1.83. The topological polar surface area (TPSA) is 127 Å². The largest absolute Gasteiger partial charge is 0.465 e. The van der Waals surface area contributed by atoms with E-state index in [0.717, 1.165) is 5.32 Å². The zero-order chi connectivity index (χ0) is 8.57. The van der Waals surface area contributed by atoms with Crippen molar-refractivity contribution in [1.82, 2.24) is 5.32 Å². The summed E-state index contributed by atoms with van der Waals surface area (Å²) in [5, 5.41) is 30.6. The van der Waals surface area contributed by atoms with Gasteiger partial charge in [0.05, 0.1) is 0 Å². The SMILES string of the molecule is O=C(O)NC(=O)O.OBO. The van der Waals surface area contributed by atoms with Gasteiger partial charge in [-0.1, -0.05) is 0 Å². The van der Waals surface area contributed by atoms with E-state index in [1.165, 1.54) is 0 Å². The second-order valence-electron chi connectivity index (χ2n) is 0.877. The van der Waals surface area contributed by atoms with Crippen LogP contribution in [-0.4, -0.2) is 40.1 Å². The molecule has 0 fully saturated rings. The third-order valence-corrected chi connectivity index (χ3v) is 0.214. The molecule has 0 spiro atoms. The van der Waals surface area contributed by atoms with Gasteiger partial charge in [0.1, 0.15) is 0 Å². The lowest BCUT2D eigenvalue weighted by Crippen LogP contribution is -2.26. The summed E-state index contributed by atoms with van der Waals surface area (Å²) in [4.78, 5) is 18.6. The van der Waals surface area contributed by atoms with Crippen LogP contribution in [0.15, 0.2) is 0 Å². The predicted molar refractivity (Wildman–Crippen MR) is 30.8 cm³/mol. The number of amides is 2. The van der Waals surface area contributed by atoms with Crippen LogP contribution in [0, 0.1) is 0 Å². The monoisotopic (exact) mass is 151 g/mol. The molecule has 0 aromatic rings. The highest BCUT2D eigenvalue weighted by atomic mass is 16.4. The second kappa shape index (κ2) is 7.72. The molecule has 10 heavy (non-hydrogen) atoms. The van der Waals surface area contributed by atoms with Gasteiger partial charge in [0, 0.05) is 0 Å². The minimum atomic E-state index is -1.56. The first-order valence-corrected chi connectivity index (χ1v) is 1.99. The lowest BCUT2D eigenvalue weighted by molar-refractivity contribution is 0.174. The van der Waals surface area contributed by atoms with Crippen LogP contribution in [0.25, 0.3) is 0 Å². The molecule has 58 valence electrons. The van der Waals surface area contributed by atoms with Crippen LogP contribution in [-0.2, 0) is 0 Å². The van der Waals surface area contributed by atoms with Gasteiger partial charge < -0.3 is 20.3 Å². The molecule has 0 radical (unpaired) electrons. The van der Waals surface area contributed by atoms with Gasteiger partial charge in [0.15, 0.2) is 0 Å². The Morgan fingerprint density at radius 1 is 1.10 bits per heavy atom. The Bertz CT molecular complexity index is 102. The Morgan fingerprint density at radius 3 is 1.30 bits per heavy atom. The first-order chi connectivity index (χ1) is 4.54. The van der Waals surface area contributed by atoms with Crippen molar-refractivity contribution in [2.24, 2.45) is 0 Å². The molecule has 5 N–H and O–H groups in total. The molecule has 0 bridgehead atoms. The molecule has 0 saturated heterocycles. The molecule has 0 aliphatic carbocycles. The highest BCUT2D eigenvalue weighted by Crippen LogP contribution is 1.59. The summed E-state index contributed by atoms with van der Waals surface area (Å²) in [6.07, 6.45) is -3.12. The number of carboxylic acid groups (broad SMARTS) is 2. The van der Waals surface area contributed by atoms with E-state index in [4.69, 9.17) is 20.3 Å². The van der Waals surface area contributed by atoms with Gasteiger partial charge >= 0.3 is 19.9 Å². The lowest BCUT2D eigenvalue weighted by atomic mass is 10.5. The molecular formula is C2H6BNO6. The minimum absolute atomic E-state index is 0.750. The van der Waals surface area contributed by atoms with E-state index in [2.05, 4.69) is 0 Å². The summed E-state index contributed by atoms with van der Waals surface area (Å²) >= 11 is 0. The molecule has 8 heteroatoms. The van der Waals surface area contributed by atoms with Crippen molar-refractivity contribution in [2.75, 3.05) is 0 Å². The summed E-state index contributed by atoms with van der Waals surface area (Å²) in [5.74, 6) is 0. The first-order valence-electron chi connectivity index (χ1n) is 1.99. The molecule has 0 rings (SSSR count). The molecule has 0 atom stereocenters. The summed E-state index contributed by atoms with van der Waals surface area (Å²) in [6, 6.07) is 0. The van der Waals surface area contributed by atoms with Crippen LogP contribution in [0.5, 0.6) is 0 Å². The second-order valence-corrected chi connectivity index (χ2v) is 0.877. The van der Waals surface area contributed by atoms with Crippen LogP contribution in [0.1, 0.15) is 0 Å². The Labute approximate surface area is 56.2 Å². The van der Waals surface area contributed by atoms with Gasteiger partial charge in [-0.2, -0.15) is 0 Å². The average molecular weight is 151 g/mol. The van der Waals surface area contributed by atoms with Crippen LogP contribution in [0.3, 0.4) is 0 Å². The Balaban J connectivity index is 0. The van der Waals surface area contributed by atoms with E-state index >= 15 is 0 Å². The fourth-order valence-corrected chi connectivity index (χ4v) is 0.0915. The Morgan fingerprint density at radius 2 is 1.30 bits per heavy atom. The maximum absolute atomic E-state index is 9.32. The van der Waals surface area contributed by atoms with E-state index in [1.807, 2.05) is 0 Å². The van der Waals surface area contributed by atoms with Crippen molar-refractivity contribution >= 4 is 19.9 Å². The molecule has 2 amide bonds. The number of imide groups is 1. The molecular weight excluding hydrogens is 145 g/mol. The summed E-state index contributed by atoms with van der Waals surface area (Å²) < 4.78 is 0. The first kappa shape index (κ1) is 11.5. The van der Waals surface area contributed by atoms with E-state index < -0.39 is 19.9 Å². The van der Waals surface area contributed by atoms with Gasteiger partial charge in [0.25, 0.3) is 0 Å². The van der Waals surface area contributed by atoms with E-state index in [1.54, 1.807) is 0 Å². The number of rotatable bonds is 0. The van der Waals surface area contributed by atoms with Gasteiger partial charge in [-0.05, 0) is 0 Å². The smallest absolute Gasteiger partial charge is 0.432 e. The third-order valence-electron chi connectivity index (χ3n) is 0.214. The molecule has 0 unspecified atom stereocenters. The molecule has 0 aromatic carbocycles. The van der Waals surface area contributed by atoms with Gasteiger partial charge in [-0.25, -0.2) is 14.9 Å². The number of hydrogen-bond donors (Lipinski definition) is 5. The Kier molecular flexibility index (Phi) is 8.89. The molecule has 0 heterocycles. The van der Waals surface area contributed by atoms with Crippen molar-refractivity contribution in [3.05, 3.63) is 0 Å². The summed E-state index contributed by atoms with van der Waals surface area (Å²) in [5.41, 5.74) is 0. The molecule has 0 aromatic heterocycles. The van der Waals surface area contributed by atoms with Crippen molar-refractivity contribution in [3.8, 4) is 0 Å². The quantitative estimate of drug-likeness (QED) is 0.259. The fraction of sp³-hybridized carbons (Fsp3) is 0. The molecule has 7 nitrogen and oxygen atoms in total. The van der Waals surface area contributed by atoms with E-state index in [-0.39, 0.29) is 0 Å². The van der Waals surface area contributed by atoms with Crippen LogP contribution in [0.2, 0.25) is 0 Å². The molecule has 0 aliphatic heterocycles. The highest BCUT2D eigenvalue weighted by molar-refractivity contribution is 6.13.